The highest BCUT2D eigenvalue weighted by Crippen LogP contribution is 2.72. The van der Waals surface area contributed by atoms with Crippen LogP contribution in [0.3, 0.4) is 0 Å². The van der Waals surface area contributed by atoms with Gasteiger partial charge < -0.3 is 4.74 Å². The Bertz CT molecular complexity index is 2770. The van der Waals surface area contributed by atoms with Gasteiger partial charge in [-0.1, -0.05) is 81.8 Å². The van der Waals surface area contributed by atoms with Crippen LogP contribution < -0.4 is 0 Å². The molecule has 2 aromatic rings. The molecule has 0 radical (unpaired) electrons. The monoisotopic (exact) mass is 1090 g/mol. The van der Waals surface area contributed by atoms with Crippen LogP contribution >= 0.6 is 0 Å². The molecule has 8 nitrogen and oxygen atoms in total. The Morgan fingerprint density at radius 2 is 0.816 bits per heavy atom. The molecule has 0 N–H and O–H groups in total. The number of benzene rings is 2. The fourth-order valence-corrected chi connectivity index (χ4v) is 19.3. The maximum absolute atomic E-state index is 15.7. The molecule has 14 aliphatic rings. The smallest absolute Gasteiger partial charge is 0.303 e. The third-order valence-corrected chi connectivity index (χ3v) is 25.1. The van der Waals surface area contributed by atoms with Gasteiger partial charge in [-0.25, -0.2) is 13.2 Å². The lowest BCUT2D eigenvalue weighted by Crippen LogP contribution is -2.57. The molecule has 0 heterocycles. The van der Waals surface area contributed by atoms with Gasteiger partial charge in [0, 0.05) is 23.2 Å². The number of fused-ring (bicyclic) bond motifs is 9. The highest BCUT2D eigenvalue weighted by molar-refractivity contribution is 7.87. The van der Waals surface area contributed by atoms with Gasteiger partial charge in [-0.3, -0.25) is 13.2 Å². The van der Waals surface area contributed by atoms with Crippen molar-refractivity contribution in [1.29, 1.82) is 0 Å². The fourth-order valence-electron chi connectivity index (χ4n) is 16.9. The van der Waals surface area contributed by atoms with E-state index in [4.69, 9.17) is 13.1 Å². The second kappa shape index (κ2) is 20.4. The number of rotatable bonds is 10. The summed E-state index contributed by atoms with van der Waals surface area (Å²) in [6.45, 7) is 12.2. The molecule has 16 rings (SSSR count). The van der Waals surface area contributed by atoms with E-state index in [1.165, 1.54) is 57.9 Å². The third-order valence-electron chi connectivity index (χ3n) is 22.3. The summed E-state index contributed by atoms with van der Waals surface area (Å²) < 4.78 is 114. The molecule has 0 amide bonds. The lowest BCUT2D eigenvalue weighted by molar-refractivity contribution is -0.161. The van der Waals surface area contributed by atoms with E-state index in [0.29, 0.717) is 68.6 Å². The lowest BCUT2D eigenvalue weighted by Gasteiger charge is -2.64. The van der Waals surface area contributed by atoms with Gasteiger partial charge in [0.15, 0.2) is 0 Å². The minimum Gasteiger partial charge on any atom is -0.455 e. The second-order valence-corrected chi connectivity index (χ2v) is 30.0. The highest BCUT2D eigenvalue weighted by atomic mass is 32.2. The van der Waals surface area contributed by atoms with Crippen molar-refractivity contribution in [1.82, 2.24) is 0 Å². The fraction of sp³-hybridized carbons (Fsp3) is 0.698. The number of carbonyl (C=O) groups excluding carboxylic acids is 1. The molecule has 0 aliphatic heterocycles. The number of esters is 1. The van der Waals surface area contributed by atoms with E-state index < -0.39 is 42.5 Å². The molecule has 418 valence electrons. The summed E-state index contributed by atoms with van der Waals surface area (Å²) in [5.41, 5.74) is -1.19. The van der Waals surface area contributed by atoms with Crippen LogP contribution in [0.1, 0.15) is 206 Å². The first-order valence-corrected chi connectivity index (χ1v) is 32.0. The predicted octanol–water partition coefficient (Wildman–Crippen LogP) is 16.5. The average Bonchev–Trinajstić information content (AvgIpc) is 3.59. The molecule has 0 aromatic heterocycles. The second-order valence-electron chi connectivity index (χ2n) is 26.9. The first-order valence-electron chi connectivity index (χ1n) is 29.2. The highest BCUT2D eigenvalue weighted by Gasteiger charge is 2.64. The van der Waals surface area contributed by atoms with Crippen molar-refractivity contribution >= 4 is 26.2 Å². The molecule has 0 saturated heterocycles. The zero-order chi connectivity index (χ0) is 54.2. The molecule has 76 heavy (non-hydrogen) atoms. The van der Waals surface area contributed by atoms with Gasteiger partial charge in [-0.15, -0.1) is 0 Å². The van der Waals surface area contributed by atoms with Gasteiger partial charge in [-0.2, -0.15) is 16.8 Å². The molecule has 0 unspecified atom stereocenters. The first-order chi connectivity index (χ1) is 35.8. The van der Waals surface area contributed by atoms with E-state index in [1.807, 2.05) is 13.8 Å². The summed E-state index contributed by atoms with van der Waals surface area (Å²) >= 11 is 0. The zero-order valence-electron chi connectivity index (χ0n) is 46.3. The Morgan fingerprint density at radius 1 is 0.474 bits per heavy atom. The largest absolute Gasteiger partial charge is 0.455 e. The Morgan fingerprint density at radius 3 is 1.17 bits per heavy atom. The maximum atomic E-state index is 15.7. The minimum atomic E-state index is -3.92. The van der Waals surface area contributed by atoms with Crippen LogP contribution in [0, 0.1) is 64.6 Å². The van der Waals surface area contributed by atoms with Gasteiger partial charge in [0.2, 0.25) is 0 Å². The van der Waals surface area contributed by atoms with Crippen LogP contribution in [0.4, 0.5) is 13.2 Å². The van der Waals surface area contributed by atoms with E-state index in [9.17, 15) is 26.0 Å². The number of allylic oxidation sites excluding steroid dienone is 3. The van der Waals surface area contributed by atoms with Crippen molar-refractivity contribution in [2.75, 3.05) is 0 Å². The van der Waals surface area contributed by atoms with Crippen LogP contribution in [0.5, 0.6) is 0 Å². The molecule has 2 aromatic carbocycles. The summed E-state index contributed by atoms with van der Waals surface area (Å²) in [7, 11) is -7.83. The van der Waals surface area contributed by atoms with Crippen molar-refractivity contribution in [3.63, 3.8) is 0 Å². The number of aryl methyl sites for hydroxylation is 2. The molecule has 0 spiro atoms. The van der Waals surface area contributed by atoms with E-state index in [-0.39, 0.29) is 49.5 Å². The van der Waals surface area contributed by atoms with Gasteiger partial charge in [0.05, 0.1) is 9.79 Å². The lowest BCUT2D eigenvalue weighted by atomic mass is 9.41. The molecule has 8 saturated carbocycles. The Labute approximate surface area is 453 Å². The average molecular weight is 1090 g/mol. The van der Waals surface area contributed by atoms with Crippen LogP contribution in [-0.2, 0) is 38.1 Å². The van der Waals surface area contributed by atoms with Crippen molar-refractivity contribution in [3.05, 3.63) is 95.4 Å². The van der Waals surface area contributed by atoms with Gasteiger partial charge in [0.25, 0.3) is 20.2 Å². The molecular formula is C63H85F3O8S2. The summed E-state index contributed by atoms with van der Waals surface area (Å²) in [4.78, 5) is 11.5. The standard InChI is InChI=1S/C24H31FO3S.C22H29FO3S.C17H25FO2/c1-18-3-5-19(6-4-18)29(26,27)28-23-13-15-24(16-14-23,20(25)17-23)22-10-7-21(2,8-11-22)9-12-22;1-16-3-7-18(8-4-16)22-13-11-21(12-14-22,15-20(22)23)26-27(24,25)19-9-5-17(2)6-10-19;1-12-3-5-14(6-4-12)17-9-7-16(8-10-17,11-15(17)18)20-13(2)19/h3-6,17H,7-16H2,1-2H3;5-6,9-10,15-16,18H,3-4,7-8,11-14H2,1-2H3;11-12,14H,3-10H2,1-2H3. The van der Waals surface area contributed by atoms with Crippen molar-refractivity contribution < 1.29 is 47.9 Å². The maximum Gasteiger partial charge on any atom is 0.303 e. The molecule has 8 bridgehead atoms. The van der Waals surface area contributed by atoms with Crippen molar-refractivity contribution in [2.45, 2.75) is 235 Å². The molecule has 8 fully saturated rings. The van der Waals surface area contributed by atoms with Gasteiger partial charge >= 0.3 is 5.97 Å². The third kappa shape index (κ3) is 10.3. The van der Waals surface area contributed by atoms with E-state index in [0.717, 1.165) is 93.6 Å². The number of ether oxygens (including phenoxy) is 1. The summed E-state index contributed by atoms with van der Waals surface area (Å²) in [6.07, 6.45) is 29.3. The molecule has 13 heteroatoms. The number of hydrogen-bond acceptors (Lipinski definition) is 8. The number of hydrogen-bond donors (Lipinski definition) is 0. The molecule has 0 atom stereocenters. The summed E-state index contributed by atoms with van der Waals surface area (Å²) in [5, 5.41) is 0. The molecule has 14 aliphatic carbocycles. The van der Waals surface area contributed by atoms with Crippen LogP contribution in [0.15, 0.2) is 94.0 Å². The Kier molecular flexibility index (Phi) is 15.0. The SMILES string of the molecule is CC(=O)OC12C=C(F)C(C3CCC(C)CC3)(CC1)CC2.Cc1ccc(S(=O)(=O)OC23C=C(F)C(C45CCC(C)(CC4)CC5)(CC2)CC3)cc1.Cc1ccc(S(=O)(=O)OC23C=C(F)C(C4CCC(C)CC4)(CC2)CC3)cc1. The van der Waals surface area contributed by atoms with E-state index in [2.05, 4.69) is 20.8 Å². The quantitative estimate of drug-likeness (QED) is 0.171. The van der Waals surface area contributed by atoms with Crippen molar-refractivity contribution in [2.24, 2.45) is 50.7 Å². The van der Waals surface area contributed by atoms with Crippen LogP contribution in [0.25, 0.3) is 0 Å². The van der Waals surface area contributed by atoms with Crippen molar-refractivity contribution in [3.8, 4) is 0 Å². The zero-order valence-corrected chi connectivity index (χ0v) is 47.9. The van der Waals surface area contributed by atoms with Gasteiger partial charge in [-0.05, 0) is 232 Å². The minimum absolute atomic E-state index is 0.0100. The van der Waals surface area contributed by atoms with Gasteiger partial charge in [0.1, 0.15) is 34.3 Å². The normalized spacial score (nSPS) is 40.4. The predicted molar refractivity (Wildman–Crippen MR) is 290 cm³/mol. The Hall–Kier alpha value is -3.26. The molecular weight excluding hydrogens is 1010 g/mol. The Balaban J connectivity index is 0.000000132. The van der Waals surface area contributed by atoms with E-state index in [1.54, 1.807) is 60.7 Å². The number of halogens is 3. The van der Waals surface area contributed by atoms with E-state index >= 15 is 8.78 Å². The van der Waals surface area contributed by atoms with Crippen LogP contribution in [0.2, 0.25) is 0 Å². The number of carbonyl (C=O) groups is 1. The van der Waals surface area contributed by atoms with Crippen LogP contribution in [-0.4, -0.2) is 39.6 Å². The summed E-state index contributed by atoms with van der Waals surface area (Å²) in [6, 6.07) is 13.3. The first kappa shape index (κ1) is 56.0. The summed E-state index contributed by atoms with van der Waals surface area (Å²) in [5.74, 6) is 1.90. The topological polar surface area (TPSA) is 113 Å².